The monoisotopic (exact) mass is 396 g/mol. The van der Waals surface area contributed by atoms with E-state index in [1.807, 2.05) is 0 Å². The average Bonchev–Trinajstić information content (AvgIpc) is 2.66. The van der Waals surface area contributed by atoms with Gasteiger partial charge in [0.15, 0.2) is 11.6 Å². The SMILES string of the molecule is CCN1CCC(Nc2ccc(S(=O)(=O)Nc3ccc(F)c(F)c3)cn2)CC1. The molecular formula is C18H22F2N4O2S. The molecule has 2 aromatic rings. The number of aromatic nitrogens is 1. The van der Waals surface area contributed by atoms with Crippen LogP contribution in [-0.4, -0.2) is 44.0 Å². The quantitative estimate of drug-likeness (QED) is 0.785. The van der Waals surface area contributed by atoms with Gasteiger partial charge in [-0.25, -0.2) is 22.2 Å². The van der Waals surface area contributed by atoms with Crippen molar-refractivity contribution in [2.24, 2.45) is 0 Å². The molecule has 1 aliphatic heterocycles. The zero-order chi connectivity index (χ0) is 19.4. The van der Waals surface area contributed by atoms with Crippen LogP contribution in [0.25, 0.3) is 0 Å². The summed E-state index contributed by atoms with van der Waals surface area (Å²) in [5.41, 5.74) is -0.0567. The van der Waals surface area contributed by atoms with Crippen molar-refractivity contribution in [1.29, 1.82) is 0 Å². The molecule has 0 radical (unpaired) electrons. The van der Waals surface area contributed by atoms with E-state index in [-0.39, 0.29) is 10.6 Å². The van der Waals surface area contributed by atoms with Crippen molar-refractivity contribution in [2.75, 3.05) is 29.7 Å². The molecule has 0 aliphatic carbocycles. The molecule has 0 amide bonds. The summed E-state index contributed by atoms with van der Waals surface area (Å²) >= 11 is 0. The first-order valence-corrected chi connectivity index (χ1v) is 10.3. The van der Waals surface area contributed by atoms with Gasteiger partial charge in [0.25, 0.3) is 10.0 Å². The van der Waals surface area contributed by atoms with E-state index in [0.29, 0.717) is 11.9 Å². The van der Waals surface area contributed by atoms with Crippen molar-refractivity contribution in [3.8, 4) is 0 Å². The normalized spacial score (nSPS) is 16.3. The van der Waals surface area contributed by atoms with Crippen LogP contribution in [0.5, 0.6) is 0 Å². The van der Waals surface area contributed by atoms with Gasteiger partial charge in [-0.2, -0.15) is 0 Å². The van der Waals surface area contributed by atoms with Crippen molar-refractivity contribution < 1.29 is 17.2 Å². The Balaban J connectivity index is 1.64. The lowest BCUT2D eigenvalue weighted by molar-refractivity contribution is 0.229. The molecule has 27 heavy (non-hydrogen) atoms. The first-order valence-electron chi connectivity index (χ1n) is 8.80. The Kier molecular flexibility index (Phi) is 5.91. The minimum absolute atomic E-state index is 0.0567. The van der Waals surface area contributed by atoms with Crippen molar-refractivity contribution >= 4 is 21.5 Å². The molecule has 0 saturated carbocycles. The Labute approximate surface area is 157 Å². The van der Waals surface area contributed by atoms with Crippen LogP contribution in [0.1, 0.15) is 19.8 Å². The third kappa shape index (κ3) is 4.92. The Morgan fingerprint density at radius 2 is 1.89 bits per heavy atom. The molecule has 2 heterocycles. The number of hydrogen-bond acceptors (Lipinski definition) is 5. The van der Waals surface area contributed by atoms with Crippen molar-refractivity contribution in [3.05, 3.63) is 48.2 Å². The summed E-state index contributed by atoms with van der Waals surface area (Å²) in [5.74, 6) is -1.56. The second-order valence-corrected chi connectivity index (χ2v) is 8.15. The Morgan fingerprint density at radius 1 is 1.15 bits per heavy atom. The summed E-state index contributed by atoms with van der Waals surface area (Å²) < 4.78 is 53.2. The lowest BCUT2D eigenvalue weighted by Crippen LogP contribution is -2.38. The molecule has 1 fully saturated rings. The third-order valence-corrected chi connectivity index (χ3v) is 5.97. The average molecular weight is 396 g/mol. The molecule has 1 aromatic carbocycles. The predicted octanol–water partition coefficient (Wildman–Crippen LogP) is 3.06. The zero-order valence-corrected chi connectivity index (χ0v) is 15.8. The second kappa shape index (κ2) is 8.18. The molecule has 0 spiro atoms. The van der Waals surface area contributed by atoms with E-state index >= 15 is 0 Å². The molecule has 6 nitrogen and oxygen atoms in total. The molecule has 1 saturated heterocycles. The molecule has 1 aromatic heterocycles. The zero-order valence-electron chi connectivity index (χ0n) is 15.0. The fourth-order valence-corrected chi connectivity index (χ4v) is 3.99. The topological polar surface area (TPSA) is 74.3 Å². The molecule has 1 aliphatic rings. The molecule has 0 atom stereocenters. The van der Waals surface area contributed by atoms with Crippen LogP contribution in [-0.2, 0) is 10.0 Å². The van der Waals surface area contributed by atoms with Gasteiger partial charge in [-0.15, -0.1) is 0 Å². The summed E-state index contributed by atoms with van der Waals surface area (Å²) in [5, 5.41) is 3.32. The van der Waals surface area contributed by atoms with E-state index < -0.39 is 21.7 Å². The number of nitrogens with zero attached hydrogens (tertiary/aromatic N) is 2. The molecule has 3 rings (SSSR count). The first-order chi connectivity index (χ1) is 12.9. The van der Waals surface area contributed by atoms with Gasteiger partial charge in [0.05, 0.1) is 5.69 Å². The van der Waals surface area contributed by atoms with Crippen LogP contribution in [0.4, 0.5) is 20.3 Å². The molecule has 0 unspecified atom stereocenters. The molecular weight excluding hydrogens is 374 g/mol. The number of likely N-dealkylation sites (tertiary alicyclic amines) is 1. The van der Waals surface area contributed by atoms with E-state index in [0.717, 1.165) is 50.7 Å². The highest BCUT2D eigenvalue weighted by atomic mass is 32.2. The maximum Gasteiger partial charge on any atom is 0.263 e. The smallest absolute Gasteiger partial charge is 0.263 e. The highest BCUT2D eigenvalue weighted by Gasteiger charge is 2.19. The number of hydrogen-bond donors (Lipinski definition) is 2. The molecule has 2 N–H and O–H groups in total. The number of nitrogens with one attached hydrogen (secondary N) is 2. The van der Waals surface area contributed by atoms with Gasteiger partial charge < -0.3 is 10.2 Å². The van der Waals surface area contributed by atoms with Crippen LogP contribution in [0.15, 0.2) is 41.4 Å². The van der Waals surface area contributed by atoms with Crippen molar-refractivity contribution in [3.63, 3.8) is 0 Å². The van der Waals surface area contributed by atoms with Gasteiger partial charge in [0, 0.05) is 31.4 Å². The fourth-order valence-electron chi connectivity index (χ4n) is 3.00. The van der Waals surface area contributed by atoms with Crippen LogP contribution in [0, 0.1) is 11.6 Å². The lowest BCUT2D eigenvalue weighted by Gasteiger charge is -2.31. The highest BCUT2D eigenvalue weighted by Crippen LogP contribution is 2.20. The summed E-state index contributed by atoms with van der Waals surface area (Å²) in [7, 11) is -3.94. The third-order valence-electron chi connectivity index (χ3n) is 4.61. The Hall–Kier alpha value is -2.26. The maximum atomic E-state index is 13.2. The van der Waals surface area contributed by atoms with Gasteiger partial charge in [-0.3, -0.25) is 4.72 Å². The van der Waals surface area contributed by atoms with Crippen molar-refractivity contribution in [1.82, 2.24) is 9.88 Å². The summed E-state index contributed by atoms with van der Waals surface area (Å²) in [4.78, 5) is 6.50. The number of benzene rings is 1. The van der Waals surface area contributed by atoms with Crippen LogP contribution in [0.3, 0.4) is 0 Å². The fraction of sp³-hybridized carbons (Fsp3) is 0.389. The Bertz CT molecular complexity index is 883. The number of anilines is 2. The largest absolute Gasteiger partial charge is 0.367 e. The van der Waals surface area contributed by atoms with E-state index in [2.05, 4.69) is 26.8 Å². The first kappa shape index (κ1) is 19.5. The number of pyridine rings is 1. The molecule has 9 heteroatoms. The van der Waals surface area contributed by atoms with Gasteiger partial charge >= 0.3 is 0 Å². The van der Waals surface area contributed by atoms with E-state index in [9.17, 15) is 17.2 Å². The van der Waals surface area contributed by atoms with E-state index in [1.54, 1.807) is 6.07 Å². The minimum atomic E-state index is -3.94. The van der Waals surface area contributed by atoms with Crippen LogP contribution < -0.4 is 10.0 Å². The van der Waals surface area contributed by atoms with Crippen LogP contribution >= 0.6 is 0 Å². The van der Waals surface area contributed by atoms with Gasteiger partial charge in [-0.05, 0) is 43.7 Å². The number of piperidine rings is 1. The summed E-state index contributed by atoms with van der Waals surface area (Å²) in [6, 6.07) is 6.15. The predicted molar refractivity (Wildman–Crippen MR) is 100 cm³/mol. The van der Waals surface area contributed by atoms with E-state index in [1.165, 1.54) is 12.3 Å². The highest BCUT2D eigenvalue weighted by molar-refractivity contribution is 7.92. The van der Waals surface area contributed by atoms with E-state index in [4.69, 9.17) is 0 Å². The summed E-state index contributed by atoms with van der Waals surface area (Å²) in [6.45, 7) is 5.24. The minimum Gasteiger partial charge on any atom is -0.367 e. The number of rotatable bonds is 6. The van der Waals surface area contributed by atoms with Crippen molar-refractivity contribution in [2.45, 2.75) is 30.7 Å². The Morgan fingerprint density at radius 3 is 2.48 bits per heavy atom. The van der Waals surface area contributed by atoms with Crippen LogP contribution in [0.2, 0.25) is 0 Å². The van der Waals surface area contributed by atoms with Gasteiger partial charge in [-0.1, -0.05) is 6.92 Å². The van der Waals surface area contributed by atoms with Gasteiger partial charge in [0.1, 0.15) is 10.7 Å². The molecule has 0 bridgehead atoms. The lowest BCUT2D eigenvalue weighted by atomic mass is 10.1. The second-order valence-electron chi connectivity index (χ2n) is 6.47. The standard InChI is InChI=1S/C18H22F2N4O2S/c1-2-24-9-7-13(8-10-24)22-18-6-4-15(12-21-18)27(25,26)23-14-3-5-16(19)17(20)11-14/h3-6,11-13,23H,2,7-10H2,1H3,(H,21,22). The maximum absolute atomic E-state index is 13.2. The van der Waals surface area contributed by atoms with Gasteiger partial charge in [0.2, 0.25) is 0 Å². The molecule has 146 valence electrons. The number of halogens is 2. The number of sulfonamides is 1. The summed E-state index contributed by atoms with van der Waals surface area (Å²) in [6.07, 6.45) is 3.26.